The molecule has 0 fully saturated rings. The standard InChI is InChI=1S/C20H14O4/c21-19-15(14-6-3-7-17-20(14)24-11-23-17)10-22-16-9-8-12-4-1-2-5-13(12)18(16)19/h1-2,4-6,8-10H,3,7,11H2. The summed E-state index contributed by atoms with van der Waals surface area (Å²) in [7, 11) is 0. The largest absolute Gasteiger partial charge is 0.463 e. The van der Waals surface area contributed by atoms with Gasteiger partial charge in [-0.2, -0.15) is 0 Å². The molecule has 0 atom stereocenters. The predicted molar refractivity (Wildman–Crippen MR) is 91.3 cm³/mol. The number of benzene rings is 2. The summed E-state index contributed by atoms with van der Waals surface area (Å²) in [6.07, 6.45) is 5.19. The second kappa shape index (κ2) is 4.99. The summed E-state index contributed by atoms with van der Waals surface area (Å²) in [5.74, 6) is 1.50. The fourth-order valence-corrected chi connectivity index (χ4v) is 3.47. The SMILES string of the molecule is O=c1c(C2=CCCC3=C2OCO3)coc2ccc3ccccc3c12. The quantitative estimate of drug-likeness (QED) is 0.626. The van der Waals surface area contributed by atoms with Crippen LogP contribution < -0.4 is 5.43 Å². The minimum absolute atomic E-state index is 0.0384. The molecule has 1 aliphatic carbocycles. The molecule has 0 N–H and O–H groups in total. The molecular formula is C20H14O4. The van der Waals surface area contributed by atoms with E-state index < -0.39 is 0 Å². The number of rotatable bonds is 1. The topological polar surface area (TPSA) is 48.7 Å². The van der Waals surface area contributed by atoms with Crippen molar-refractivity contribution in [1.82, 2.24) is 0 Å². The zero-order valence-corrected chi connectivity index (χ0v) is 12.9. The smallest absolute Gasteiger partial charge is 0.230 e. The van der Waals surface area contributed by atoms with Gasteiger partial charge in [-0.05, 0) is 23.3 Å². The van der Waals surface area contributed by atoms with Crippen molar-refractivity contribution in [3.05, 3.63) is 76.0 Å². The molecule has 24 heavy (non-hydrogen) atoms. The lowest BCUT2D eigenvalue weighted by molar-refractivity contribution is 0.0736. The molecule has 1 aromatic heterocycles. The van der Waals surface area contributed by atoms with Crippen molar-refractivity contribution in [2.24, 2.45) is 0 Å². The highest BCUT2D eigenvalue weighted by atomic mass is 16.7. The maximum Gasteiger partial charge on any atom is 0.230 e. The molecule has 1 aliphatic heterocycles. The molecule has 5 rings (SSSR count). The Bertz CT molecular complexity index is 1100. The summed E-state index contributed by atoms with van der Waals surface area (Å²) in [6.45, 7) is 0.212. The van der Waals surface area contributed by atoms with Crippen LogP contribution in [0.25, 0.3) is 27.3 Å². The van der Waals surface area contributed by atoms with Gasteiger partial charge in [-0.15, -0.1) is 0 Å². The van der Waals surface area contributed by atoms with Crippen LogP contribution in [-0.4, -0.2) is 6.79 Å². The molecule has 0 saturated carbocycles. The number of hydrogen-bond acceptors (Lipinski definition) is 4. The van der Waals surface area contributed by atoms with Gasteiger partial charge in [-0.1, -0.05) is 36.4 Å². The molecule has 0 spiro atoms. The summed E-state index contributed by atoms with van der Waals surface area (Å²) in [6, 6.07) is 11.7. The zero-order chi connectivity index (χ0) is 16.1. The molecule has 4 heteroatoms. The zero-order valence-electron chi connectivity index (χ0n) is 12.9. The summed E-state index contributed by atoms with van der Waals surface area (Å²) in [5, 5.41) is 2.53. The molecule has 2 aromatic carbocycles. The van der Waals surface area contributed by atoms with Crippen LogP contribution in [0, 0.1) is 0 Å². The Balaban J connectivity index is 1.82. The van der Waals surface area contributed by atoms with Crippen LogP contribution in [0.3, 0.4) is 0 Å². The molecule has 0 radical (unpaired) electrons. The number of hydrogen-bond donors (Lipinski definition) is 0. The van der Waals surface area contributed by atoms with Crippen LogP contribution in [0.2, 0.25) is 0 Å². The first-order valence-corrected chi connectivity index (χ1v) is 7.96. The highest BCUT2D eigenvalue weighted by Gasteiger charge is 2.27. The van der Waals surface area contributed by atoms with Crippen molar-refractivity contribution in [3.8, 4) is 0 Å². The van der Waals surface area contributed by atoms with Gasteiger partial charge in [0.25, 0.3) is 0 Å². The monoisotopic (exact) mass is 318 g/mol. The van der Waals surface area contributed by atoms with E-state index in [1.807, 2.05) is 42.5 Å². The molecule has 2 heterocycles. The first kappa shape index (κ1) is 13.4. The Morgan fingerprint density at radius 2 is 1.92 bits per heavy atom. The van der Waals surface area contributed by atoms with E-state index in [0.29, 0.717) is 22.3 Å². The van der Waals surface area contributed by atoms with Crippen molar-refractivity contribution >= 4 is 27.3 Å². The second-order valence-electron chi connectivity index (χ2n) is 5.95. The van der Waals surface area contributed by atoms with E-state index in [-0.39, 0.29) is 12.2 Å². The van der Waals surface area contributed by atoms with Gasteiger partial charge >= 0.3 is 0 Å². The molecule has 0 saturated heterocycles. The fourth-order valence-electron chi connectivity index (χ4n) is 3.47. The van der Waals surface area contributed by atoms with E-state index in [9.17, 15) is 4.79 Å². The summed E-state index contributed by atoms with van der Waals surface area (Å²) >= 11 is 0. The van der Waals surface area contributed by atoms with Crippen molar-refractivity contribution in [2.75, 3.05) is 6.79 Å². The van der Waals surface area contributed by atoms with E-state index in [2.05, 4.69) is 0 Å². The van der Waals surface area contributed by atoms with Crippen LogP contribution in [-0.2, 0) is 9.47 Å². The van der Waals surface area contributed by atoms with E-state index in [1.54, 1.807) is 0 Å². The second-order valence-corrected chi connectivity index (χ2v) is 5.95. The Hall–Kier alpha value is -3.01. The van der Waals surface area contributed by atoms with Gasteiger partial charge < -0.3 is 13.9 Å². The number of allylic oxidation sites excluding steroid dienone is 3. The molecule has 0 bridgehead atoms. The highest BCUT2D eigenvalue weighted by molar-refractivity contribution is 6.06. The first-order chi connectivity index (χ1) is 11.8. The van der Waals surface area contributed by atoms with E-state index in [4.69, 9.17) is 13.9 Å². The van der Waals surface area contributed by atoms with E-state index in [0.717, 1.165) is 34.9 Å². The molecule has 0 unspecified atom stereocenters. The van der Waals surface area contributed by atoms with E-state index >= 15 is 0 Å². The Morgan fingerprint density at radius 1 is 1.00 bits per heavy atom. The van der Waals surface area contributed by atoms with Crippen LogP contribution in [0.1, 0.15) is 18.4 Å². The summed E-state index contributed by atoms with van der Waals surface area (Å²) < 4.78 is 16.9. The third-order valence-electron chi connectivity index (χ3n) is 4.61. The van der Waals surface area contributed by atoms with Crippen LogP contribution >= 0.6 is 0 Å². The van der Waals surface area contributed by atoms with Crippen LogP contribution in [0.15, 0.2) is 69.5 Å². The van der Waals surface area contributed by atoms with Gasteiger partial charge in [-0.3, -0.25) is 4.79 Å². The van der Waals surface area contributed by atoms with Gasteiger partial charge in [-0.25, -0.2) is 0 Å². The summed E-state index contributed by atoms with van der Waals surface area (Å²) in [4.78, 5) is 13.2. The van der Waals surface area contributed by atoms with Crippen molar-refractivity contribution < 1.29 is 13.9 Å². The van der Waals surface area contributed by atoms with E-state index in [1.165, 1.54) is 6.26 Å². The minimum atomic E-state index is -0.0384. The number of ether oxygens (including phenoxy) is 2. The van der Waals surface area contributed by atoms with Gasteiger partial charge in [0, 0.05) is 12.0 Å². The highest BCUT2D eigenvalue weighted by Crippen LogP contribution is 2.36. The van der Waals surface area contributed by atoms with Gasteiger partial charge in [0.05, 0.1) is 10.9 Å². The first-order valence-electron chi connectivity index (χ1n) is 7.96. The average molecular weight is 318 g/mol. The van der Waals surface area contributed by atoms with Crippen LogP contribution in [0.4, 0.5) is 0 Å². The fraction of sp³-hybridized carbons (Fsp3) is 0.150. The normalized spacial score (nSPS) is 16.8. The molecular weight excluding hydrogens is 304 g/mol. The Kier molecular flexibility index (Phi) is 2.80. The van der Waals surface area contributed by atoms with Crippen LogP contribution in [0.5, 0.6) is 0 Å². The molecule has 4 nitrogen and oxygen atoms in total. The minimum Gasteiger partial charge on any atom is -0.463 e. The van der Waals surface area contributed by atoms with Gasteiger partial charge in [0.15, 0.2) is 5.76 Å². The van der Waals surface area contributed by atoms with Crippen molar-refractivity contribution in [2.45, 2.75) is 12.8 Å². The Morgan fingerprint density at radius 3 is 2.88 bits per heavy atom. The maximum atomic E-state index is 13.2. The lowest BCUT2D eigenvalue weighted by atomic mass is 9.96. The Labute approximate surface area is 137 Å². The van der Waals surface area contributed by atoms with Gasteiger partial charge in [0.1, 0.15) is 17.6 Å². The third kappa shape index (κ3) is 1.83. The molecule has 0 amide bonds. The molecule has 118 valence electrons. The van der Waals surface area contributed by atoms with Gasteiger partial charge in [0.2, 0.25) is 12.2 Å². The summed E-state index contributed by atoms with van der Waals surface area (Å²) in [5.41, 5.74) is 1.86. The third-order valence-corrected chi connectivity index (χ3v) is 4.61. The number of fused-ring (bicyclic) bond motifs is 3. The lowest BCUT2D eigenvalue weighted by Crippen LogP contribution is -2.11. The molecule has 3 aromatic rings. The molecule has 2 aliphatic rings. The average Bonchev–Trinajstić information content (AvgIpc) is 3.10. The lowest BCUT2D eigenvalue weighted by Gasteiger charge is -2.13. The maximum absolute atomic E-state index is 13.2. The van der Waals surface area contributed by atoms with Crippen molar-refractivity contribution in [3.63, 3.8) is 0 Å². The van der Waals surface area contributed by atoms with Crippen molar-refractivity contribution in [1.29, 1.82) is 0 Å². The predicted octanol–water partition coefficient (Wildman–Crippen LogP) is 4.34.